The lowest BCUT2D eigenvalue weighted by Crippen LogP contribution is -2.40. The molecule has 1 aliphatic heterocycles. The van der Waals surface area contributed by atoms with E-state index in [1.807, 2.05) is 42.2 Å². The maximum atomic E-state index is 12.8. The molecule has 1 unspecified atom stereocenters. The number of fused-ring (bicyclic) bond motifs is 1. The fourth-order valence-electron chi connectivity index (χ4n) is 3.04. The summed E-state index contributed by atoms with van der Waals surface area (Å²) >= 11 is 0. The van der Waals surface area contributed by atoms with Gasteiger partial charge in [-0.2, -0.15) is 0 Å². The highest BCUT2D eigenvalue weighted by molar-refractivity contribution is 5.98. The Bertz CT molecular complexity index is 713. The average Bonchev–Trinajstić information content (AvgIpc) is 2.93. The summed E-state index contributed by atoms with van der Waals surface area (Å²) in [6.07, 6.45) is 0.916. The summed E-state index contributed by atoms with van der Waals surface area (Å²) in [5, 5.41) is 3.87. The third-order valence-electron chi connectivity index (χ3n) is 4.30. The van der Waals surface area contributed by atoms with Crippen LogP contribution in [0.4, 0.5) is 11.4 Å². The molecular formula is C18H23N3O3. The molecule has 1 amide bonds. The number of aromatic nitrogens is 1. The minimum absolute atomic E-state index is 0.0221. The Kier molecular flexibility index (Phi) is 4.85. The van der Waals surface area contributed by atoms with Crippen molar-refractivity contribution in [1.82, 2.24) is 5.16 Å². The number of anilines is 2. The fourth-order valence-corrected chi connectivity index (χ4v) is 3.04. The number of nitrogens with zero attached hydrogens (tertiary/aromatic N) is 3. The number of hydrogen-bond donors (Lipinski definition) is 0. The molecule has 0 fully saturated rings. The number of carbonyl (C=O) groups is 1. The lowest BCUT2D eigenvalue weighted by Gasteiger charge is -2.28. The van der Waals surface area contributed by atoms with Crippen molar-refractivity contribution in [2.75, 3.05) is 30.0 Å². The van der Waals surface area contributed by atoms with Gasteiger partial charge < -0.3 is 19.1 Å². The van der Waals surface area contributed by atoms with Gasteiger partial charge in [0.25, 0.3) is 5.91 Å². The summed E-state index contributed by atoms with van der Waals surface area (Å²) in [5.74, 6) is 0.698. The fraction of sp³-hybridized carbons (Fsp3) is 0.444. The van der Waals surface area contributed by atoms with E-state index in [0.717, 1.165) is 30.1 Å². The highest BCUT2D eigenvalue weighted by Gasteiger charge is 2.28. The Hall–Kier alpha value is -2.34. The zero-order chi connectivity index (χ0) is 17.1. The number of para-hydroxylation sites is 2. The van der Waals surface area contributed by atoms with Crippen LogP contribution in [0.1, 0.15) is 24.8 Å². The Morgan fingerprint density at radius 1 is 1.38 bits per heavy atom. The Labute approximate surface area is 142 Å². The van der Waals surface area contributed by atoms with E-state index in [2.05, 4.69) is 24.0 Å². The molecule has 6 heteroatoms. The van der Waals surface area contributed by atoms with E-state index in [4.69, 9.17) is 9.26 Å². The van der Waals surface area contributed by atoms with Crippen molar-refractivity contribution in [2.24, 2.45) is 0 Å². The van der Waals surface area contributed by atoms with Crippen molar-refractivity contribution in [3.8, 4) is 0 Å². The van der Waals surface area contributed by atoms with Gasteiger partial charge in [0.05, 0.1) is 18.0 Å². The van der Waals surface area contributed by atoms with Crippen molar-refractivity contribution >= 4 is 17.3 Å². The van der Waals surface area contributed by atoms with Crippen molar-refractivity contribution in [2.45, 2.75) is 32.9 Å². The molecule has 0 saturated carbocycles. The van der Waals surface area contributed by atoms with Crippen molar-refractivity contribution in [3.63, 3.8) is 0 Å². The van der Waals surface area contributed by atoms with Crippen LogP contribution in [0.3, 0.4) is 0 Å². The molecular weight excluding hydrogens is 306 g/mol. The van der Waals surface area contributed by atoms with Gasteiger partial charge in [-0.25, -0.2) is 0 Å². The zero-order valence-corrected chi connectivity index (χ0v) is 14.4. The molecule has 0 aliphatic carbocycles. The first kappa shape index (κ1) is 16.5. The maximum absolute atomic E-state index is 12.8. The maximum Gasteiger partial charge on any atom is 0.253 e. The number of aryl methyl sites for hydroxylation is 1. The van der Waals surface area contributed by atoms with E-state index in [0.29, 0.717) is 5.69 Å². The second kappa shape index (κ2) is 7.05. The molecule has 2 heterocycles. The minimum Gasteiger partial charge on any atom is -0.373 e. The molecule has 0 spiro atoms. The monoisotopic (exact) mass is 329 g/mol. The highest BCUT2D eigenvalue weighted by atomic mass is 16.5. The van der Waals surface area contributed by atoms with Gasteiger partial charge >= 0.3 is 0 Å². The lowest BCUT2D eigenvalue weighted by molar-refractivity contribution is -0.124. The average molecular weight is 329 g/mol. The van der Waals surface area contributed by atoms with Crippen LogP contribution in [0.15, 0.2) is 34.9 Å². The molecule has 1 aromatic carbocycles. The largest absolute Gasteiger partial charge is 0.373 e. The van der Waals surface area contributed by atoms with E-state index < -0.39 is 0 Å². The molecule has 1 aromatic heterocycles. The highest BCUT2D eigenvalue weighted by Crippen LogP contribution is 2.33. The first-order valence-electron chi connectivity index (χ1n) is 8.18. The molecule has 128 valence electrons. The molecule has 0 N–H and O–H groups in total. The molecule has 6 nitrogen and oxygen atoms in total. The Morgan fingerprint density at radius 3 is 2.83 bits per heavy atom. The zero-order valence-electron chi connectivity index (χ0n) is 14.4. The Balaban J connectivity index is 1.71. The summed E-state index contributed by atoms with van der Waals surface area (Å²) in [6.45, 7) is 5.12. The summed E-state index contributed by atoms with van der Waals surface area (Å²) < 4.78 is 10.6. The van der Waals surface area contributed by atoms with Crippen LogP contribution < -0.4 is 9.80 Å². The molecule has 1 aliphatic rings. The van der Waals surface area contributed by atoms with E-state index in [-0.39, 0.29) is 25.2 Å². The number of carbonyl (C=O) groups excluding carboxylic acids is 1. The topological polar surface area (TPSA) is 58.8 Å². The predicted molar refractivity (Wildman–Crippen MR) is 92.2 cm³/mol. The van der Waals surface area contributed by atoms with Crippen LogP contribution in [0.25, 0.3) is 0 Å². The number of hydrogen-bond acceptors (Lipinski definition) is 5. The van der Waals surface area contributed by atoms with Crippen LogP contribution in [0.2, 0.25) is 0 Å². The van der Waals surface area contributed by atoms with Crippen LogP contribution >= 0.6 is 0 Å². The van der Waals surface area contributed by atoms with Crippen LogP contribution in [-0.4, -0.2) is 37.3 Å². The summed E-state index contributed by atoms with van der Waals surface area (Å²) in [6, 6.07) is 9.94. The third-order valence-corrected chi connectivity index (χ3v) is 4.30. The third kappa shape index (κ3) is 3.43. The van der Waals surface area contributed by atoms with Crippen LogP contribution in [0, 0.1) is 6.92 Å². The van der Waals surface area contributed by atoms with Crippen molar-refractivity contribution in [1.29, 1.82) is 0 Å². The SMILES string of the molecule is Cc1cc(COCC(=O)N2c3ccccc3N(C)CCC2C)no1. The van der Waals surface area contributed by atoms with Gasteiger partial charge in [-0.05, 0) is 32.4 Å². The van der Waals surface area contributed by atoms with Crippen molar-refractivity contribution in [3.05, 3.63) is 41.8 Å². The van der Waals surface area contributed by atoms with Crippen molar-refractivity contribution < 1.29 is 14.1 Å². The molecule has 0 saturated heterocycles. The Morgan fingerprint density at radius 2 is 2.12 bits per heavy atom. The smallest absolute Gasteiger partial charge is 0.253 e. The second-order valence-electron chi connectivity index (χ2n) is 6.23. The molecule has 0 radical (unpaired) electrons. The second-order valence-corrected chi connectivity index (χ2v) is 6.23. The minimum atomic E-state index is -0.0366. The first-order valence-corrected chi connectivity index (χ1v) is 8.18. The van der Waals surface area contributed by atoms with E-state index >= 15 is 0 Å². The summed E-state index contributed by atoms with van der Waals surface area (Å²) in [4.78, 5) is 16.8. The van der Waals surface area contributed by atoms with Gasteiger partial charge in [0.2, 0.25) is 0 Å². The van der Waals surface area contributed by atoms with Crippen LogP contribution in [0.5, 0.6) is 0 Å². The van der Waals surface area contributed by atoms with Gasteiger partial charge in [0, 0.05) is 25.7 Å². The quantitative estimate of drug-likeness (QED) is 0.863. The predicted octanol–water partition coefficient (Wildman–Crippen LogP) is 2.76. The van der Waals surface area contributed by atoms with Gasteiger partial charge in [-0.3, -0.25) is 4.79 Å². The number of rotatable bonds is 4. The summed E-state index contributed by atoms with van der Waals surface area (Å²) in [5.41, 5.74) is 2.71. The molecule has 24 heavy (non-hydrogen) atoms. The summed E-state index contributed by atoms with van der Waals surface area (Å²) in [7, 11) is 2.06. The van der Waals surface area contributed by atoms with E-state index in [1.54, 1.807) is 0 Å². The molecule has 0 bridgehead atoms. The normalized spacial score (nSPS) is 17.5. The van der Waals surface area contributed by atoms with E-state index in [1.165, 1.54) is 0 Å². The van der Waals surface area contributed by atoms with Gasteiger partial charge in [0.1, 0.15) is 18.1 Å². The first-order chi connectivity index (χ1) is 11.6. The van der Waals surface area contributed by atoms with Crippen LogP contribution in [-0.2, 0) is 16.1 Å². The number of benzene rings is 1. The van der Waals surface area contributed by atoms with Gasteiger partial charge in [0.15, 0.2) is 0 Å². The molecule has 1 atom stereocenters. The van der Waals surface area contributed by atoms with E-state index in [9.17, 15) is 4.79 Å². The van der Waals surface area contributed by atoms with Gasteiger partial charge in [-0.15, -0.1) is 0 Å². The molecule has 3 rings (SSSR count). The lowest BCUT2D eigenvalue weighted by atomic mass is 10.2. The standard InChI is InChI=1S/C18H23N3O3/c1-13-8-9-20(3)16-6-4-5-7-17(16)21(13)18(22)12-23-11-15-10-14(2)24-19-15/h4-7,10,13H,8-9,11-12H2,1-3H3. The number of amides is 1. The van der Waals surface area contributed by atoms with Gasteiger partial charge in [-0.1, -0.05) is 17.3 Å². The number of ether oxygens (including phenoxy) is 1. The molecule has 2 aromatic rings.